The second kappa shape index (κ2) is 5.06. The Kier molecular flexibility index (Phi) is 3.30. The summed E-state index contributed by atoms with van der Waals surface area (Å²) in [5.74, 6) is -0.240. The maximum absolute atomic E-state index is 9.74. The van der Waals surface area contributed by atoms with E-state index in [1.165, 1.54) is 0 Å². The molecule has 6 nitrogen and oxygen atoms in total. The second-order valence-corrected chi connectivity index (χ2v) is 3.78. The van der Waals surface area contributed by atoms with E-state index in [1.807, 2.05) is 6.07 Å². The van der Waals surface area contributed by atoms with Crippen LogP contribution in [-0.4, -0.2) is 16.7 Å². The first-order valence-corrected chi connectivity index (χ1v) is 5.42. The topological polar surface area (TPSA) is 118 Å². The van der Waals surface area contributed by atoms with Crippen molar-refractivity contribution in [1.82, 2.24) is 0 Å². The SMILES string of the molecule is N#C/C(=N\Nc1cccc2c(O)cccc12)C(=N)N. The molecule has 2 rings (SSSR count). The lowest BCUT2D eigenvalue weighted by Crippen LogP contribution is -2.21. The highest BCUT2D eigenvalue weighted by atomic mass is 16.3. The van der Waals surface area contributed by atoms with Crippen LogP contribution in [0.4, 0.5) is 5.69 Å². The summed E-state index contributed by atoms with van der Waals surface area (Å²) in [5, 5.41) is 30.8. The van der Waals surface area contributed by atoms with Crippen molar-refractivity contribution in [1.29, 1.82) is 10.7 Å². The number of hydrogen-bond acceptors (Lipinski definition) is 5. The standard InChI is InChI=1S/C13H11N5O/c14-7-11(13(15)16)18-17-10-5-1-4-9-8(10)3-2-6-12(9)19/h1-6,17,19H,(H3,15,16)/b18-11+. The fraction of sp³-hybridized carbons (Fsp3) is 0. The lowest BCUT2D eigenvalue weighted by molar-refractivity contribution is 0.481. The first kappa shape index (κ1) is 12.4. The molecule has 2 aromatic rings. The molecule has 0 saturated heterocycles. The third kappa shape index (κ3) is 2.45. The van der Waals surface area contributed by atoms with Crippen LogP contribution in [0.15, 0.2) is 41.5 Å². The summed E-state index contributed by atoms with van der Waals surface area (Å²) in [4.78, 5) is 0. The molecule has 2 aromatic carbocycles. The van der Waals surface area contributed by atoms with Crippen molar-refractivity contribution in [2.45, 2.75) is 0 Å². The lowest BCUT2D eigenvalue weighted by Gasteiger charge is -2.07. The van der Waals surface area contributed by atoms with E-state index in [2.05, 4.69) is 10.5 Å². The third-order valence-electron chi connectivity index (χ3n) is 2.55. The molecule has 0 spiro atoms. The van der Waals surface area contributed by atoms with Gasteiger partial charge in [0, 0.05) is 10.8 Å². The zero-order valence-corrected chi connectivity index (χ0v) is 9.88. The fourth-order valence-electron chi connectivity index (χ4n) is 1.65. The molecule has 0 aliphatic heterocycles. The predicted octanol–water partition coefficient (Wildman–Crippen LogP) is 1.77. The molecule has 0 saturated carbocycles. The average Bonchev–Trinajstić information content (AvgIpc) is 2.40. The Hall–Kier alpha value is -3.07. The highest BCUT2D eigenvalue weighted by molar-refractivity contribution is 6.45. The molecule has 94 valence electrons. The van der Waals surface area contributed by atoms with Crippen molar-refractivity contribution >= 4 is 28.0 Å². The van der Waals surface area contributed by atoms with Gasteiger partial charge in [0.2, 0.25) is 5.71 Å². The molecule has 0 aromatic heterocycles. The minimum absolute atomic E-state index is 0.164. The van der Waals surface area contributed by atoms with Crippen molar-refractivity contribution in [3.8, 4) is 11.8 Å². The van der Waals surface area contributed by atoms with Crippen molar-refractivity contribution in [3.05, 3.63) is 36.4 Å². The molecule has 19 heavy (non-hydrogen) atoms. The summed E-state index contributed by atoms with van der Waals surface area (Å²) < 4.78 is 0. The van der Waals surface area contributed by atoms with Crippen LogP contribution < -0.4 is 11.2 Å². The molecule has 0 radical (unpaired) electrons. The molecule has 0 atom stereocenters. The van der Waals surface area contributed by atoms with Crippen molar-refractivity contribution in [2.75, 3.05) is 5.43 Å². The molecule has 6 heteroatoms. The van der Waals surface area contributed by atoms with Crippen LogP contribution in [0.3, 0.4) is 0 Å². The second-order valence-electron chi connectivity index (χ2n) is 3.78. The minimum Gasteiger partial charge on any atom is -0.507 e. The monoisotopic (exact) mass is 253 g/mol. The van der Waals surface area contributed by atoms with Crippen LogP contribution in [-0.2, 0) is 0 Å². The van der Waals surface area contributed by atoms with Crippen LogP contribution in [0.2, 0.25) is 0 Å². The zero-order chi connectivity index (χ0) is 13.8. The Bertz CT molecular complexity index is 715. The summed E-state index contributed by atoms with van der Waals surface area (Å²) in [7, 11) is 0. The Labute approximate surface area is 109 Å². The smallest absolute Gasteiger partial charge is 0.201 e. The number of fused-ring (bicyclic) bond motifs is 1. The first-order chi connectivity index (χ1) is 9.13. The lowest BCUT2D eigenvalue weighted by atomic mass is 10.1. The van der Waals surface area contributed by atoms with Crippen LogP contribution in [0.25, 0.3) is 10.8 Å². The molecule has 0 unspecified atom stereocenters. The summed E-state index contributed by atoms with van der Waals surface area (Å²) in [6, 6.07) is 12.1. The molecular weight excluding hydrogens is 242 g/mol. The van der Waals surface area contributed by atoms with Gasteiger partial charge in [0.15, 0.2) is 5.84 Å². The van der Waals surface area contributed by atoms with Gasteiger partial charge in [-0.15, -0.1) is 0 Å². The van der Waals surface area contributed by atoms with Gasteiger partial charge in [-0.05, 0) is 12.1 Å². The van der Waals surface area contributed by atoms with E-state index >= 15 is 0 Å². The van der Waals surface area contributed by atoms with Crippen molar-refractivity contribution < 1.29 is 5.11 Å². The number of rotatable bonds is 3. The Morgan fingerprint density at radius 2 is 1.95 bits per heavy atom. The predicted molar refractivity (Wildman–Crippen MR) is 74.2 cm³/mol. The van der Waals surface area contributed by atoms with Crippen LogP contribution in [0, 0.1) is 16.7 Å². The van der Waals surface area contributed by atoms with Gasteiger partial charge >= 0.3 is 0 Å². The number of anilines is 1. The number of nitrogens with two attached hydrogens (primary N) is 1. The molecule has 0 heterocycles. The number of phenols is 1. The molecule has 0 aliphatic carbocycles. The van der Waals surface area contributed by atoms with E-state index in [1.54, 1.807) is 36.4 Å². The van der Waals surface area contributed by atoms with Gasteiger partial charge in [-0.3, -0.25) is 10.8 Å². The maximum atomic E-state index is 9.74. The van der Waals surface area contributed by atoms with Gasteiger partial charge in [0.25, 0.3) is 0 Å². The average molecular weight is 253 g/mol. The summed E-state index contributed by atoms with van der Waals surface area (Å²) in [6.07, 6.45) is 0. The number of hydrogen-bond donors (Lipinski definition) is 4. The van der Waals surface area contributed by atoms with Gasteiger partial charge in [0.1, 0.15) is 11.8 Å². The van der Waals surface area contributed by atoms with Gasteiger partial charge in [-0.1, -0.05) is 24.3 Å². The number of nitrogens with zero attached hydrogens (tertiary/aromatic N) is 2. The zero-order valence-electron chi connectivity index (χ0n) is 9.88. The highest BCUT2D eigenvalue weighted by Crippen LogP contribution is 2.29. The summed E-state index contributed by atoms with van der Waals surface area (Å²) in [6.45, 7) is 0. The normalized spacial score (nSPS) is 11.0. The number of amidine groups is 1. The minimum atomic E-state index is -0.405. The number of hydrazone groups is 1. The molecule has 0 aliphatic rings. The van der Waals surface area contributed by atoms with Gasteiger partial charge < -0.3 is 10.8 Å². The van der Waals surface area contributed by atoms with Crippen molar-refractivity contribution in [2.24, 2.45) is 10.8 Å². The van der Waals surface area contributed by atoms with Gasteiger partial charge in [-0.25, -0.2) is 0 Å². The van der Waals surface area contributed by atoms with Crippen LogP contribution in [0.5, 0.6) is 5.75 Å². The Morgan fingerprint density at radius 3 is 2.63 bits per heavy atom. The highest BCUT2D eigenvalue weighted by Gasteiger charge is 2.05. The number of nitriles is 1. The molecule has 0 fully saturated rings. The maximum Gasteiger partial charge on any atom is 0.201 e. The number of nitrogens with one attached hydrogen (secondary N) is 2. The van der Waals surface area contributed by atoms with E-state index in [0.717, 1.165) is 5.39 Å². The number of aromatic hydroxyl groups is 1. The molecule has 5 N–H and O–H groups in total. The Balaban J connectivity index is 2.45. The summed E-state index contributed by atoms with van der Waals surface area (Å²) >= 11 is 0. The summed E-state index contributed by atoms with van der Waals surface area (Å²) in [5.41, 5.74) is 8.30. The van der Waals surface area contributed by atoms with E-state index in [-0.39, 0.29) is 11.5 Å². The van der Waals surface area contributed by atoms with E-state index in [9.17, 15) is 5.11 Å². The van der Waals surface area contributed by atoms with Crippen LogP contribution in [0.1, 0.15) is 0 Å². The van der Waals surface area contributed by atoms with E-state index in [0.29, 0.717) is 11.1 Å². The largest absolute Gasteiger partial charge is 0.507 e. The van der Waals surface area contributed by atoms with E-state index < -0.39 is 5.84 Å². The molecule has 0 amide bonds. The number of phenolic OH excluding ortho intramolecular Hbond substituents is 1. The fourth-order valence-corrected chi connectivity index (χ4v) is 1.65. The Morgan fingerprint density at radius 1 is 1.26 bits per heavy atom. The third-order valence-corrected chi connectivity index (χ3v) is 2.55. The molecular formula is C13H11N5O. The van der Waals surface area contributed by atoms with Crippen molar-refractivity contribution in [3.63, 3.8) is 0 Å². The van der Waals surface area contributed by atoms with Crippen LogP contribution >= 0.6 is 0 Å². The van der Waals surface area contributed by atoms with E-state index in [4.69, 9.17) is 16.4 Å². The van der Waals surface area contributed by atoms with Gasteiger partial charge in [-0.2, -0.15) is 10.4 Å². The molecule has 0 bridgehead atoms. The van der Waals surface area contributed by atoms with Gasteiger partial charge in [0.05, 0.1) is 5.69 Å². The first-order valence-electron chi connectivity index (χ1n) is 5.42. The number of benzene rings is 2. The quantitative estimate of drug-likeness (QED) is 0.378.